The maximum absolute atomic E-state index is 13.4. The van der Waals surface area contributed by atoms with E-state index in [4.69, 9.17) is 4.74 Å². The number of piperidine rings is 1. The van der Waals surface area contributed by atoms with Crippen molar-refractivity contribution >= 4 is 11.6 Å². The summed E-state index contributed by atoms with van der Waals surface area (Å²) in [6.45, 7) is 4.65. The third-order valence-corrected chi connectivity index (χ3v) is 8.15. The van der Waals surface area contributed by atoms with E-state index >= 15 is 0 Å². The van der Waals surface area contributed by atoms with Crippen LogP contribution in [0.3, 0.4) is 0 Å². The van der Waals surface area contributed by atoms with Gasteiger partial charge in [-0.05, 0) is 68.6 Å². The fourth-order valence-corrected chi connectivity index (χ4v) is 5.86. The maximum Gasteiger partial charge on any atom is 0.416 e. The number of benzene rings is 1. The first-order chi connectivity index (χ1) is 19.7. The first-order valence-corrected chi connectivity index (χ1v) is 13.8. The number of rotatable bonds is 7. The molecule has 0 radical (unpaired) electrons. The van der Waals surface area contributed by atoms with Gasteiger partial charge in [0.25, 0.3) is 0 Å². The van der Waals surface area contributed by atoms with E-state index in [1.54, 1.807) is 12.4 Å². The zero-order valence-electron chi connectivity index (χ0n) is 22.8. The van der Waals surface area contributed by atoms with E-state index in [9.17, 15) is 23.2 Å². The minimum atomic E-state index is -4.53. The molecule has 41 heavy (non-hydrogen) atoms. The summed E-state index contributed by atoms with van der Waals surface area (Å²) in [7, 11) is 0. The summed E-state index contributed by atoms with van der Waals surface area (Å²) >= 11 is 0. The molecule has 3 aliphatic rings. The van der Waals surface area contributed by atoms with Crippen molar-refractivity contribution in [1.82, 2.24) is 20.9 Å². The van der Waals surface area contributed by atoms with Gasteiger partial charge in [-0.1, -0.05) is 12.1 Å². The van der Waals surface area contributed by atoms with E-state index in [1.165, 1.54) is 6.07 Å². The van der Waals surface area contributed by atoms with Crippen molar-refractivity contribution in [3.05, 3.63) is 83.3 Å². The van der Waals surface area contributed by atoms with E-state index in [-0.39, 0.29) is 17.4 Å². The van der Waals surface area contributed by atoms with Crippen molar-refractivity contribution in [2.24, 2.45) is 5.92 Å². The third kappa shape index (κ3) is 5.80. The Balaban J connectivity index is 1.42. The molecule has 2 atom stereocenters. The quantitative estimate of drug-likeness (QED) is 0.466. The second kappa shape index (κ2) is 11.5. The number of pyridine rings is 1. The van der Waals surface area contributed by atoms with E-state index in [2.05, 4.69) is 20.9 Å². The van der Waals surface area contributed by atoms with Crippen LogP contribution in [0.2, 0.25) is 0 Å². The molecule has 3 aliphatic heterocycles. The van der Waals surface area contributed by atoms with Gasteiger partial charge in [0.05, 0.1) is 28.3 Å². The smallest absolute Gasteiger partial charge is 0.370 e. The molecular formula is C30H33F3N6O2. The molecule has 216 valence electrons. The molecule has 1 aromatic heterocycles. The number of nitrogens with one attached hydrogen (secondary N) is 3. The zero-order valence-corrected chi connectivity index (χ0v) is 22.8. The first kappa shape index (κ1) is 28.6. The van der Waals surface area contributed by atoms with Crippen molar-refractivity contribution < 1.29 is 22.7 Å². The summed E-state index contributed by atoms with van der Waals surface area (Å²) in [5, 5.41) is 19.6. The van der Waals surface area contributed by atoms with E-state index < -0.39 is 23.0 Å². The molecule has 0 aliphatic carbocycles. The molecule has 3 N–H and O–H groups in total. The molecule has 11 heteroatoms. The molecule has 0 bridgehead atoms. The van der Waals surface area contributed by atoms with Crippen LogP contribution >= 0.6 is 0 Å². The number of carbonyl (C=O) groups excluding carboxylic acids is 1. The van der Waals surface area contributed by atoms with Crippen LogP contribution in [0.25, 0.3) is 0 Å². The minimum absolute atomic E-state index is 0.0233. The minimum Gasteiger partial charge on any atom is -0.370 e. The molecule has 1 amide bonds. The lowest BCUT2D eigenvalue weighted by molar-refractivity contribution is -0.137. The van der Waals surface area contributed by atoms with Crippen molar-refractivity contribution in [1.29, 1.82) is 5.26 Å². The van der Waals surface area contributed by atoms with E-state index in [0.29, 0.717) is 44.8 Å². The van der Waals surface area contributed by atoms with Gasteiger partial charge in [-0.15, -0.1) is 0 Å². The standard InChI is InChI=1S/C30H33F3N6O2/c1-2-41-29(25-4-3-12-35-19-25)9-7-24(20-37-29)28(38-27(40)21-8-13-36-18-21)10-14-39(15-11-28)26-6-5-23(30(31,32)33)16-22(26)17-34/h3-7,9,12,16,19-21,36-37H,2,8,10-11,13-15,18H2,1H3,(H,38,40)/t21-,29?/m1/s1. The maximum atomic E-state index is 13.4. The highest BCUT2D eigenvalue weighted by Gasteiger charge is 2.43. The van der Waals surface area contributed by atoms with Gasteiger partial charge in [0, 0.05) is 50.4 Å². The van der Waals surface area contributed by atoms with Gasteiger partial charge in [-0.25, -0.2) is 0 Å². The summed E-state index contributed by atoms with van der Waals surface area (Å²) in [6.07, 6.45) is 6.45. The topological polar surface area (TPSA) is 102 Å². The van der Waals surface area contributed by atoms with Crippen molar-refractivity contribution in [3.63, 3.8) is 0 Å². The Hall–Kier alpha value is -3.88. The molecule has 8 nitrogen and oxygen atoms in total. The monoisotopic (exact) mass is 566 g/mol. The van der Waals surface area contributed by atoms with Gasteiger partial charge in [0.1, 0.15) is 6.07 Å². The van der Waals surface area contributed by atoms with Crippen LogP contribution in [0, 0.1) is 17.2 Å². The summed E-state index contributed by atoms with van der Waals surface area (Å²) in [4.78, 5) is 19.5. The Kier molecular flexibility index (Phi) is 8.07. The summed E-state index contributed by atoms with van der Waals surface area (Å²) in [5.74, 6) is -0.164. The molecule has 2 fully saturated rings. The number of hydrogen-bond acceptors (Lipinski definition) is 7. The lowest BCUT2D eigenvalue weighted by Crippen LogP contribution is -2.58. The molecule has 0 saturated carbocycles. The number of aromatic nitrogens is 1. The second-order valence-electron chi connectivity index (χ2n) is 10.6. The van der Waals surface area contributed by atoms with Gasteiger partial charge in [0.15, 0.2) is 5.72 Å². The number of ether oxygens (including phenoxy) is 1. The second-order valence-corrected chi connectivity index (χ2v) is 10.6. The van der Waals surface area contributed by atoms with Gasteiger partial charge in [-0.2, -0.15) is 18.4 Å². The highest BCUT2D eigenvalue weighted by molar-refractivity contribution is 5.81. The highest BCUT2D eigenvalue weighted by atomic mass is 19.4. The van der Waals surface area contributed by atoms with Crippen LogP contribution in [-0.4, -0.2) is 49.2 Å². The lowest BCUT2D eigenvalue weighted by Gasteiger charge is -2.46. The SMILES string of the molecule is CCOC1(c2cccnc2)C=CC(C2(NC(=O)[C@@H]3CCNC3)CCN(c3ccc(C(F)(F)F)cc3C#N)CC2)=CN1. The van der Waals surface area contributed by atoms with Crippen LogP contribution in [0.1, 0.15) is 42.9 Å². The van der Waals surface area contributed by atoms with Crippen LogP contribution in [0.15, 0.2) is 66.7 Å². The van der Waals surface area contributed by atoms with Crippen LogP contribution < -0.4 is 20.9 Å². The van der Waals surface area contributed by atoms with E-state index in [0.717, 1.165) is 36.2 Å². The Morgan fingerprint density at radius 1 is 1.29 bits per heavy atom. The number of carbonyl (C=O) groups is 1. The molecule has 4 heterocycles. The number of anilines is 1. The van der Waals surface area contributed by atoms with Crippen molar-refractivity contribution in [2.75, 3.05) is 37.7 Å². The van der Waals surface area contributed by atoms with Gasteiger partial charge in [-0.3, -0.25) is 9.78 Å². The van der Waals surface area contributed by atoms with Crippen LogP contribution in [0.4, 0.5) is 18.9 Å². The number of nitrogens with zero attached hydrogens (tertiary/aromatic N) is 3. The first-order valence-electron chi connectivity index (χ1n) is 13.8. The molecular weight excluding hydrogens is 533 g/mol. The Bertz CT molecular complexity index is 1360. The fourth-order valence-electron chi connectivity index (χ4n) is 5.86. The Labute approximate surface area is 237 Å². The number of nitriles is 1. The number of alkyl halides is 3. The summed E-state index contributed by atoms with van der Waals surface area (Å²) < 4.78 is 45.9. The predicted octanol–water partition coefficient (Wildman–Crippen LogP) is 3.97. The Morgan fingerprint density at radius 3 is 2.68 bits per heavy atom. The summed E-state index contributed by atoms with van der Waals surface area (Å²) in [5.41, 5.74) is -0.324. The zero-order chi connectivity index (χ0) is 29.1. The predicted molar refractivity (Wildman–Crippen MR) is 147 cm³/mol. The van der Waals surface area contributed by atoms with Crippen molar-refractivity contribution in [3.8, 4) is 6.07 Å². The highest BCUT2D eigenvalue weighted by Crippen LogP contribution is 2.39. The lowest BCUT2D eigenvalue weighted by atomic mass is 9.78. The van der Waals surface area contributed by atoms with E-state index in [1.807, 2.05) is 48.4 Å². The van der Waals surface area contributed by atoms with Crippen LogP contribution in [0.5, 0.6) is 0 Å². The van der Waals surface area contributed by atoms with Gasteiger partial charge >= 0.3 is 6.18 Å². The molecule has 2 saturated heterocycles. The fraction of sp³-hybridized carbons (Fsp3) is 0.433. The van der Waals surface area contributed by atoms with Crippen molar-refractivity contribution in [2.45, 2.75) is 43.6 Å². The number of amides is 1. The number of dihydropyridines is 1. The number of halogens is 3. The summed E-state index contributed by atoms with van der Waals surface area (Å²) in [6, 6.07) is 8.97. The average molecular weight is 567 g/mol. The Morgan fingerprint density at radius 2 is 2.10 bits per heavy atom. The largest absolute Gasteiger partial charge is 0.416 e. The van der Waals surface area contributed by atoms with Gasteiger partial charge in [0.2, 0.25) is 5.91 Å². The molecule has 1 aromatic carbocycles. The molecule has 1 unspecified atom stereocenters. The number of hydrogen-bond donors (Lipinski definition) is 3. The molecule has 2 aromatic rings. The third-order valence-electron chi connectivity index (χ3n) is 8.15. The molecule has 0 spiro atoms. The average Bonchev–Trinajstić information content (AvgIpc) is 3.53. The normalized spacial score (nSPS) is 23.8. The molecule has 5 rings (SSSR count). The van der Waals surface area contributed by atoms with Gasteiger partial charge < -0.3 is 25.6 Å². The van der Waals surface area contributed by atoms with Crippen LogP contribution in [-0.2, 0) is 21.4 Å².